The normalized spacial score (nSPS) is 16.4. The van der Waals surface area contributed by atoms with Crippen molar-refractivity contribution in [1.82, 2.24) is 5.43 Å². The smallest absolute Gasteiger partial charge is 0.284 e. The number of para-hydroxylation sites is 2. The van der Waals surface area contributed by atoms with Crippen molar-refractivity contribution >= 4 is 12.1 Å². The van der Waals surface area contributed by atoms with Crippen molar-refractivity contribution in [3.63, 3.8) is 0 Å². The van der Waals surface area contributed by atoms with Crippen LogP contribution in [0.15, 0.2) is 53.6 Å². The molecule has 0 aromatic heterocycles. The van der Waals surface area contributed by atoms with E-state index in [1.165, 1.54) is 5.56 Å². The first kappa shape index (κ1) is 16.1. The number of hydrogen-bond donors (Lipinski definition) is 1. The van der Waals surface area contributed by atoms with Crippen molar-refractivity contribution in [3.05, 3.63) is 59.7 Å². The van der Waals surface area contributed by atoms with Crippen LogP contribution in [0.4, 0.5) is 0 Å². The summed E-state index contributed by atoms with van der Waals surface area (Å²) in [6, 6.07) is 15.3. The number of benzene rings is 2. The van der Waals surface area contributed by atoms with Gasteiger partial charge in [-0.25, -0.2) is 5.43 Å². The summed E-state index contributed by atoms with van der Waals surface area (Å²) in [5.74, 6) is 1.37. The molecule has 1 amide bonds. The molecule has 2 aromatic rings. The zero-order valence-electron chi connectivity index (χ0n) is 13.7. The van der Waals surface area contributed by atoms with Crippen LogP contribution in [0.25, 0.3) is 0 Å². The topological polar surface area (TPSA) is 59.9 Å². The molecular weight excluding hydrogens is 304 g/mol. The van der Waals surface area contributed by atoms with Crippen LogP contribution in [0.2, 0.25) is 0 Å². The molecule has 1 N–H and O–H groups in total. The molecule has 5 heteroatoms. The highest BCUT2D eigenvalue weighted by atomic mass is 16.6. The predicted octanol–water partition coefficient (Wildman–Crippen LogP) is 3.10. The second-order valence-corrected chi connectivity index (χ2v) is 5.92. The Labute approximate surface area is 141 Å². The Morgan fingerprint density at radius 1 is 1.17 bits per heavy atom. The first-order valence-corrected chi connectivity index (χ1v) is 7.95. The van der Waals surface area contributed by atoms with Gasteiger partial charge in [-0.1, -0.05) is 50.2 Å². The van der Waals surface area contributed by atoms with Crippen LogP contribution in [0.1, 0.15) is 30.9 Å². The van der Waals surface area contributed by atoms with Crippen LogP contribution in [0.5, 0.6) is 11.5 Å². The number of carbonyl (C=O) groups excluding carboxylic acids is 1. The van der Waals surface area contributed by atoms with E-state index in [4.69, 9.17) is 9.47 Å². The maximum Gasteiger partial charge on any atom is 0.284 e. The monoisotopic (exact) mass is 324 g/mol. The molecule has 0 saturated carbocycles. The molecule has 0 unspecified atom stereocenters. The van der Waals surface area contributed by atoms with Gasteiger partial charge in [-0.3, -0.25) is 4.79 Å². The minimum Gasteiger partial charge on any atom is -0.485 e. The third kappa shape index (κ3) is 3.74. The molecule has 1 aliphatic rings. The third-order valence-electron chi connectivity index (χ3n) is 3.79. The second kappa shape index (κ2) is 7.17. The molecule has 124 valence electrons. The van der Waals surface area contributed by atoms with E-state index in [1.807, 2.05) is 30.3 Å². The molecule has 0 fully saturated rings. The lowest BCUT2D eigenvalue weighted by Crippen LogP contribution is -2.42. The van der Waals surface area contributed by atoms with Crippen molar-refractivity contribution in [1.29, 1.82) is 0 Å². The molecule has 24 heavy (non-hydrogen) atoms. The summed E-state index contributed by atoms with van der Waals surface area (Å²) in [6.45, 7) is 4.46. The Kier molecular flexibility index (Phi) is 4.79. The van der Waals surface area contributed by atoms with Crippen molar-refractivity contribution < 1.29 is 14.3 Å². The third-order valence-corrected chi connectivity index (χ3v) is 3.79. The Morgan fingerprint density at radius 3 is 2.58 bits per heavy atom. The largest absolute Gasteiger partial charge is 0.485 e. The van der Waals surface area contributed by atoms with E-state index < -0.39 is 6.10 Å². The van der Waals surface area contributed by atoms with Crippen molar-refractivity contribution in [2.75, 3.05) is 6.61 Å². The number of carbonyl (C=O) groups is 1. The molecule has 0 spiro atoms. The van der Waals surface area contributed by atoms with Crippen molar-refractivity contribution in [2.24, 2.45) is 5.10 Å². The number of fused-ring (bicyclic) bond motifs is 1. The maximum atomic E-state index is 12.1. The lowest BCUT2D eigenvalue weighted by molar-refractivity contribution is -0.130. The zero-order valence-corrected chi connectivity index (χ0v) is 13.7. The molecule has 0 saturated heterocycles. The number of amides is 1. The van der Waals surface area contributed by atoms with E-state index in [2.05, 4.69) is 36.5 Å². The lowest BCUT2D eigenvalue weighted by atomic mass is 10.0. The summed E-state index contributed by atoms with van der Waals surface area (Å²) in [6.07, 6.45) is 0.903. The van der Waals surface area contributed by atoms with Gasteiger partial charge in [0, 0.05) is 0 Å². The first-order valence-electron chi connectivity index (χ1n) is 7.95. The predicted molar refractivity (Wildman–Crippen MR) is 92.6 cm³/mol. The summed E-state index contributed by atoms with van der Waals surface area (Å²) < 4.78 is 11.1. The van der Waals surface area contributed by atoms with Crippen LogP contribution in [-0.4, -0.2) is 24.8 Å². The highest BCUT2D eigenvalue weighted by Gasteiger charge is 2.26. The van der Waals surface area contributed by atoms with Gasteiger partial charge in [0.1, 0.15) is 6.61 Å². The van der Waals surface area contributed by atoms with Gasteiger partial charge >= 0.3 is 0 Å². The molecule has 1 heterocycles. The molecule has 0 aliphatic carbocycles. The Hall–Kier alpha value is -2.82. The van der Waals surface area contributed by atoms with Crippen LogP contribution < -0.4 is 14.9 Å². The first-order chi connectivity index (χ1) is 11.6. The van der Waals surface area contributed by atoms with Crippen LogP contribution in [0, 0.1) is 0 Å². The Morgan fingerprint density at radius 2 is 1.88 bits per heavy atom. The van der Waals surface area contributed by atoms with E-state index in [0.29, 0.717) is 17.4 Å². The molecule has 1 aliphatic heterocycles. The molecular formula is C19H20N2O3. The van der Waals surface area contributed by atoms with Gasteiger partial charge in [-0.2, -0.15) is 5.10 Å². The fourth-order valence-electron chi connectivity index (χ4n) is 2.36. The number of hydrogen-bond acceptors (Lipinski definition) is 4. The summed E-state index contributed by atoms with van der Waals surface area (Å²) >= 11 is 0. The lowest BCUT2D eigenvalue weighted by Gasteiger charge is -2.24. The van der Waals surface area contributed by atoms with E-state index in [9.17, 15) is 4.79 Å². The van der Waals surface area contributed by atoms with Crippen LogP contribution in [-0.2, 0) is 4.79 Å². The molecule has 5 nitrogen and oxygen atoms in total. The van der Waals surface area contributed by atoms with E-state index >= 15 is 0 Å². The van der Waals surface area contributed by atoms with E-state index in [1.54, 1.807) is 12.3 Å². The minimum absolute atomic E-state index is 0.168. The van der Waals surface area contributed by atoms with Gasteiger partial charge in [0.25, 0.3) is 5.91 Å². The number of ether oxygens (including phenoxy) is 2. The Bertz CT molecular complexity index is 739. The molecule has 3 rings (SSSR count). The average molecular weight is 324 g/mol. The minimum atomic E-state index is -0.708. The molecule has 2 aromatic carbocycles. The highest BCUT2D eigenvalue weighted by molar-refractivity contribution is 5.85. The maximum absolute atomic E-state index is 12.1. The van der Waals surface area contributed by atoms with Gasteiger partial charge < -0.3 is 9.47 Å². The standard InChI is InChI=1S/C19H20N2O3/c1-13(2)15-9-7-14(8-10-15)11-20-21-19(22)18-12-23-16-5-3-4-6-17(16)24-18/h3-11,13,18H,12H2,1-2H3,(H,21,22)/b20-11-/t18-/m1/s1. The highest BCUT2D eigenvalue weighted by Crippen LogP contribution is 2.30. The van der Waals surface area contributed by atoms with Crippen molar-refractivity contribution in [2.45, 2.75) is 25.9 Å². The van der Waals surface area contributed by atoms with Gasteiger partial charge in [0.2, 0.25) is 6.10 Å². The van der Waals surface area contributed by atoms with Gasteiger partial charge in [-0.15, -0.1) is 0 Å². The molecule has 1 atom stereocenters. The summed E-state index contributed by atoms with van der Waals surface area (Å²) in [5, 5.41) is 3.99. The van der Waals surface area contributed by atoms with Crippen LogP contribution in [0.3, 0.4) is 0 Å². The number of rotatable bonds is 4. The molecule has 0 bridgehead atoms. The quantitative estimate of drug-likeness (QED) is 0.694. The molecule has 0 radical (unpaired) electrons. The summed E-state index contributed by atoms with van der Waals surface area (Å²) in [7, 11) is 0. The van der Waals surface area contributed by atoms with Gasteiger partial charge in [0.05, 0.1) is 6.21 Å². The van der Waals surface area contributed by atoms with E-state index in [0.717, 1.165) is 5.56 Å². The van der Waals surface area contributed by atoms with Gasteiger partial charge in [0.15, 0.2) is 11.5 Å². The second-order valence-electron chi connectivity index (χ2n) is 5.92. The Balaban J connectivity index is 1.56. The number of nitrogens with one attached hydrogen (secondary N) is 1. The average Bonchev–Trinajstić information content (AvgIpc) is 2.61. The zero-order chi connectivity index (χ0) is 16.9. The van der Waals surface area contributed by atoms with Crippen LogP contribution >= 0.6 is 0 Å². The fraction of sp³-hybridized carbons (Fsp3) is 0.263. The van der Waals surface area contributed by atoms with Crippen molar-refractivity contribution in [3.8, 4) is 11.5 Å². The summed E-state index contributed by atoms with van der Waals surface area (Å²) in [5.41, 5.74) is 4.68. The number of hydrazone groups is 1. The summed E-state index contributed by atoms with van der Waals surface area (Å²) in [4.78, 5) is 12.1. The van der Waals surface area contributed by atoms with Gasteiger partial charge in [-0.05, 0) is 29.2 Å². The fourth-order valence-corrected chi connectivity index (χ4v) is 2.36. The SMILES string of the molecule is CC(C)c1ccc(/C=N\NC(=O)[C@H]2COc3ccccc3O2)cc1. The number of nitrogens with zero attached hydrogens (tertiary/aromatic N) is 1. The van der Waals surface area contributed by atoms with E-state index in [-0.39, 0.29) is 12.5 Å².